The van der Waals surface area contributed by atoms with E-state index in [1.54, 1.807) is 36.4 Å². The zero-order chi connectivity index (χ0) is 23.5. The molecule has 0 unspecified atom stereocenters. The van der Waals surface area contributed by atoms with Gasteiger partial charge in [-0.25, -0.2) is 9.59 Å². The first-order chi connectivity index (χ1) is 15.4. The van der Waals surface area contributed by atoms with Crippen molar-refractivity contribution in [3.05, 3.63) is 82.4 Å². The summed E-state index contributed by atoms with van der Waals surface area (Å²) in [5.74, 6) is -1.10. The van der Waals surface area contributed by atoms with Crippen LogP contribution in [0.3, 0.4) is 0 Å². The van der Waals surface area contributed by atoms with E-state index in [4.69, 9.17) is 9.47 Å². The molecule has 6 heteroatoms. The zero-order valence-corrected chi connectivity index (χ0v) is 19.1. The van der Waals surface area contributed by atoms with Gasteiger partial charge in [-0.15, -0.1) is 0 Å². The van der Waals surface area contributed by atoms with Crippen LogP contribution in [-0.4, -0.2) is 32.1 Å². The van der Waals surface area contributed by atoms with Crippen LogP contribution in [-0.2, 0) is 9.47 Å². The largest absolute Gasteiger partial charge is 0.465 e. The topological polar surface area (TPSA) is 81.7 Å². The van der Waals surface area contributed by atoms with E-state index in [2.05, 4.69) is 25.2 Å². The molecule has 0 saturated heterocycles. The van der Waals surface area contributed by atoms with Crippen LogP contribution in [0, 0.1) is 0 Å². The summed E-state index contributed by atoms with van der Waals surface area (Å²) >= 11 is 0. The first-order valence-corrected chi connectivity index (χ1v) is 10.8. The van der Waals surface area contributed by atoms with Gasteiger partial charge >= 0.3 is 11.9 Å². The number of hydrogen-bond donors (Lipinski definition) is 1. The normalized spacial score (nSPS) is 12.1. The summed E-state index contributed by atoms with van der Waals surface area (Å²) < 4.78 is 9.49. The van der Waals surface area contributed by atoms with E-state index in [9.17, 15) is 14.4 Å². The van der Waals surface area contributed by atoms with Crippen LogP contribution in [0.25, 0.3) is 0 Å². The third-order valence-electron chi connectivity index (χ3n) is 5.11. The maximum Gasteiger partial charge on any atom is 0.337 e. The van der Waals surface area contributed by atoms with E-state index < -0.39 is 11.9 Å². The number of nitrogens with one attached hydrogen (secondary N) is 1. The van der Waals surface area contributed by atoms with Crippen molar-refractivity contribution in [1.82, 2.24) is 5.32 Å². The summed E-state index contributed by atoms with van der Waals surface area (Å²) in [5.41, 5.74) is 3.29. The monoisotopic (exact) mass is 437 g/mol. The third-order valence-corrected chi connectivity index (χ3v) is 5.11. The lowest BCUT2D eigenvalue weighted by molar-refractivity contribution is 0.0592. The molecule has 2 aromatic carbocycles. The van der Waals surface area contributed by atoms with Crippen LogP contribution in [0.1, 0.15) is 82.2 Å². The van der Waals surface area contributed by atoms with E-state index in [0.717, 1.165) is 36.8 Å². The Balaban J connectivity index is 2.36. The molecule has 0 aliphatic heterocycles. The van der Waals surface area contributed by atoms with Crippen molar-refractivity contribution in [3.63, 3.8) is 0 Å². The second kappa shape index (κ2) is 12.4. The minimum atomic E-state index is -0.451. The van der Waals surface area contributed by atoms with Crippen LogP contribution in [0.2, 0.25) is 0 Å². The number of hydrogen-bond acceptors (Lipinski definition) is 5. The molecule has 0 aliphatic rings. The Morgan fingerprint density at radius 2 is 1.31 bits per heavy atom. The minimum absolute atomic E-state index is 0.248. The molecule has 2 aromatic rings. The second-order valence-electron chi connectivity index (χ2n) is 7.41. The predicted octanol–water partition coefficient (Wildman–Crippen LogP) is 5.26. The van der Waals surface area contributed by atoms with Gasteiger partial charge in [0.25, 0.3) is 5.91 Å². The average molecular weight is 438 g/mol. The Hall–Kier alpha value is -3.41. The highest BCUT2D eigenvalue weighted by atomic mass is 16.5. The number of rotatable bonds is 10. The molecular formula is C26H31NO5. The molecule has 32 heavy (non-hydrogen) atoms. The average Bonchev–Trinajstić information content (AvgIpc) is 2.84. The second-order valence-corrected chi connectivity index (χ2v) is 7.41. The number of carbonyl (C=O) groups is 3. The fourth-order valence-corrected chi connectivity index (χ4v) is 3.39. The van der Waals surface area contributed by atoms with E-state index in [0.29, 0.717) is 16.7 Å². The lowest BCUT2D eigenvalue weighted by Gasteiger charge is -2.23. The van der Waals surface area contributed by atoms with Gasteiger partial charge in [-0.05, 0) is 60.4 Å². The van der Waals surface area contributed by atoms with E-state index in [-0.39, 0.29) is 11.9 Å². The van der Waals surface area contributed by atoms with Crippen molar-refractivity contribution in [2.75, 3.05) is 14.2 Å². The Bertz CT molecular complexity index is 945. The number of carbonyl (C=O) groups excluding carboxylic acids is 3. The Labute approximate surface area is 189 Å². The Kier molecular flexibility index (Phi) is 9.67. The fraction of sp³-hybridized carbons (Fsp3) is 0.346. The molecule has 2 rings (SSSR count). The predicted molar refractivity (Wildman–Crippen MR) is 124 cm³/mol. The van der Waals surface area contributed by atoms with Crippen molar-refractivity contribution in [2.45, 2.75) is 45.6 Å². The van der Waals surface area contributed by atoms with E-state index in [1.807, 2.05) is 12.1 Å². The summed E-state index contributed by atoms with van der Waals surface area (Å²) in [7, 11) is 2.66. The molecule has 0 spiro atoms. The maximum absolute atomic E-state index is 13.1. The summed E-state index contributed by atoms with van der Waals surface area (Å²) in [4.78, 5) is 36.5. The van der Waals surface area contributed by atoms with Gasteiger partial charge in [0, 0.05) is 5.56 Å². The van der Waals surface area contributed by atoms with Gasteiger partial charge in [-0.2, -0.15) is 0 Å². The van der Waals surface area contributed by atoms with Crippen LogP contribution < -0.4 is 5.32 Å². The highest BCUT2D eigenvalue weighted by Gasteiger charge is 2.20. The first-order valence-electron chi connectivity index (χ1n) is 10.8. The van der Waals surface area contributed by atoms with Gasteiger partial charge in [0.15, 0.2) is 0 Å². The van der Waals surface area contributed by atoms with E-state index >= 15 is 0 Å². The molecule has 170 valence electrons. The number of unbranched alkanes of at least 4 members (excludes halogenated alkanes) is 1. The van der Waals surface area contributed by atoms with Crippen molar-refractivity contribution in [2.24, 2.45) is 0 Å². The number of amides is 1. The van der Waals surface area contributed by atoms with Crippen molar-refractivity contribution in [3.8, 4) is 0 Å². The molecule has 0 heterocycles. The van der Waals surface area contributed by atoms with Crippen molar-refractivity contribution in [1.29, 1.82) is 0 Å². The molecule has 0 aromatic heterocycles. The maximum atomic E-state index is 13.1. The Morgan fingerprint density at radius 3 is 1.78 bits per heavy atom. The smallest absolute Gasteiger partial charge is 0.337 e. The summed E-state index contributed by atoms with van der Waals surface area (Å²) in [6.07, 6.45) is 5.88. The quantitative estimate of drug-likeness (QED) is 0.405. The van der Waals surface area contributed by atoms with Crippen LogP contribution >= 0.6 is 0 Å². The van der Waals surface area contributed by atoms with Gasteiger partial charge < -0.3 is 14.8 Å². The third kappa shape index (κ3) is 6.54. The number of methoxy groups -OCH3 is 2. The summed E-state index contributed by atoms with van der Waals surface area (Å²) in [6, 6.07) is 13.1. The van der Waals surface area contributed by atoms with Crippen LogP contribution in [0.5, 0.6) is 0 Å². The highest BCUT2D eigenvalue weighted by Crippen LogP contribution is 2.27. The van der Waals surface area contributed by atoms with E-state index in [1.165, 1.54) is 14.2 Å². The molecule has 1 amide bonds. The number of ether oxygens (including phenoxy) is 2. The molecule has 1 N–H and O–H groups in total. The lowest BCUT2D eigenvalue weighted by Crippen LogP contribution is -2.30. The minimum Gasteiger partial charge on any atom is -0.465 e. The molecule has 0 fully saturated rings. The van der Waals surface area contributed by atoms with Crippen LogP contribution in [0.4, 0.5) is 0 Å². The number of esters is 2. The molecule has 6 nitrogen and oxygen atoms in total. The van der Waals surface area contributed by atoms with Crippen molar-refractivity contribution >= 4 is 17.8 Å². The Morgan fingerprint density at radius 1 is 0.812 bits per heavy atom. The summed E-state index contributed by atoms with van der Waals surface area (Å²) in [6.45, 7) is 4.21. The standard InChI is InChI=1S/C26H31NO5/c1-5-7-9-18(8-6-2)23(19-10-14-21(15-11-19)25(29)31-3)27-24(28)20-12-16-22(17-13-20)26(30)32-4/h9-17,23H,5-8H2,1-4H3,(H,27,28)/b18-9+/t23-/m1/s1. The van der Waals surface area contributed by atoms with Gasteiger partial charge in [-0.3, -0.25) is 4.79 Å². The molecule has 0 bridgehead atoms. The molecular weight excluding hydrogens is 406 g/mol. The van der Waals surface area contributed by atoms with Gasteiger partial charge in [0.05, 0.1) is 31.4 Å². The van der Waals surface area contributed by atoms with Gasteiger partial charge in [0.2, 0.25) is 0 Å². The van der Waals surface area contributed by atoms with Crippen molar-refractivity contribution < 1.29 is 23.9 Å². The van der Waals surface area contributed by atoms with Gasteiger partial charge in [0.1, 0.15) is 0 Å². The zero-order valence-electron chi connectivity index (χ0n) is 19.1. The molecule has 0 aliphatic carbocycles. The molecule has 1 atom stereocenters. The highest BCUT2D eigenvalue weighted by molar-refractivity contribution is 5.96. The van der Waals surface area contributed by atoms with Gasteiger partial charge in [-0.1, -0.05) is 44.9 Å². The lowest BCUT2D eigenvalue weighted by atomic mass is 9.93. The van der Waals surface area contributed by atoms with Crippen LogP contribution in [0.15, 0.2) is 60.2 Å². The first kappa shape index (κ1) is 24.9. The molecule has 0 radical (unpaired) electrons. The molecule has 0 saturated carbocycles. The summed E-state index contributed by atoms with van der Waals surface area (Å²) in [5, 5.41) is 3.13. The SMILES string of the molecule is CCC/C=C(\CCC)[C@@H](NC(=O)c1ccc(C(=O)OC)cc1)c1ccc(C(=O)OC)cc1. The number of benzene rings is 2. The number of allylic oxidation sites excluding steroid dienone is 1. The fourth-order valence-electron chi connectivity index (χ4n) is 3.39.